The van der Waals surface area contributed by atoms with Crippen molar-refractivity contribution in [3.8, 4) is 22.7 Å². The van der Waals surface area contributed by atoms with E-state index in [1.165, 1.54) is 16.9 Å². The summed E-state index contributed by atoms with van der Waals surface area (Å²) < 4.78 is 5.50. The van der Waals surface area contributed by atoms with Gasteiger partial charge in [0.1, 0.15) is 5.69 Å². The monoisotopic (exact) mass is 453 g/mol. The van der Waals surface area contributed by atoms with Gasteiger partial charge in [-0.15, -0.1) is 11.3 Å². The van der Waals surface area contributed by atoms with Crippen LogP contribution in [0, 0.1) is 0 Å². The molecule has 33 heavy (non-hydrogen) atoms. The number of benzene rings is 2. The largest absolute Gasteiger partial charge is 0.463 e. The molecule has 0 aliphatic heterocycles. The van der Waals surface area contributed by atoms with Crippen molar-refractivity contribution >= 4 is 33.3 Å². The molecule has 0 saturated carbocycles. The van der Waals surface area contributed by atoms with Crippen LogP contribution >= 0.6 is 11.3 Å². The summed E-state index contributed by atoms with van der Waals surface area (Å²) in [5.41, 5.74) is 5.10. The van der Waals surface area contributed by atoms with Crippen molar-refractivity contribution in [2.24, 2.45) is 0 Å². The van der Waals surface area contributed by atoms with Gasteiger partial charge in [-0.1, -0.05) is 63.2 Å². The average Bonchev–Trinajstić information content (AvgIpc) is 3.50. The second-order valence-corrected chi connectivity index (χ2v) is 9.73. The molecule has 0 bridgehead atoms. The van der Waals surface area contributed by atoms with E-state index in [1.807, 2.05) is 35.7 Å². The van der Waals surface area contributed by atoms with E-state index in [1.54, 1.807) is 18.4 Å². The fourth-order valence-corrected chi connectivity index (χ4v) is 4.40. The van der Waals surface area contributed by atoms with E-state index in [-0.39, 0.29) is 11.3 Å². The Morgan fingerprint density at radius 3 is 2.45 bits per heavy atom. The van der Waals surface area contributed by atoms with Crippen molar-refractivity contribution in [3.63, 3.8) is 0 Å². The maximum atomic E-state index is 13.2. The van der Waals surface area contributed by atoms with E-state index in [2.05, 4.69) is 60.3 Å². The lowest BCUT2D eigenvalue weighted by Crippen LogP contribution is -2.13. The summed E-state index contributed by atoms with van der Waals surface area (Å²) in [6.45, 7) is 6.58. The average molecular weight is 454 g/mol. The Labute approximate surface area is 196 Å². The van der Waals surface area contributed by atoms with Gasteiger partial charge in [0, 0.05) is 16.3 Å². The molecule has 0 spiro atoms. The molecule has 0 saturated heterocycles. The zero-order valence-electron chi connectivity index (χ0n) is 18.6. The molecule has 0 aliphatic carbocycles. The molecular formula is C27H23N3O2S. The quantitative estimate of drug-likeness (QED) is 0.313. The zero-order valence-corrected chi connectivity index (χ0v) is 19.4. The third kappa shape index (κ3) is 4.30. The number of aromatic nitrogens is 2. The number of hydrogen-bond acceptors (Lipinski definition) is 5. The van der Waals surface area contributed by atoms with Crippen molar-refractivity contribution in [1.82, 2.24) is 9.97 Å². The number of para-hydroxylation sites is 1. The van der Waals surface area contributed by atoms with Crippen LogP contribution in [0.4, 0.5) is 5.13 Å². The molecule has 5 nitrogen and oxygen atoms in total. The molecule has 2 aromatic carbocycles. The van der Waals surface area contributed by atoms with Crippen LogP contribution in [-0.4, -0.2) is 15.9 Å². The SMILES string of the molecule is CC(C)(C)c1ccc(-c2csc(NC(=O)c3cc(-c4ccco4)nc4ccccc34)n2)cc1. The van der Waals surface area contributed by atoms with Crippen LogP contribution < -0.4 is 5.32 Å². The second kappa shape index (κ2) is 8.30. The van der Waals surface area contributed by atoms with Crippen LogP contribution in [0.3, 0.4) is 0 Å². The van der Waals surface area contributed by atoms with E-state index in [4.69, 9.17) is 4.42 Å². The number of amides is 1. The highest BCUT2D eigenvalue weighted by Crippen LogP contribution is 2.30. The number of rotatable bonds is 4. The van der Waals surface area contributed by atoms with Gasteiger partial charge < -0.3 is 4.42 Å². The lowest BCUT2D eigenvalue weighted by Gasteiger charge is -2.18. The Morgan fingerprint density at radius 1 is 0.939 bits per heavy atom. The lowest BCUT2D eigenvalue weighted by molar-refractivity contribution is 0.102. The van der Waals surface area contributed by atoms with Crippen LogP contribution in [0.1, 0.15) is 36.7 Å². The van der Waals surface area contributed by atoms with Gasteiger partial charge >= 0.3 is 0 Å². The number of carbonyl (C=O) groups is 1. The molecule has 5 rings (SSSR count). The molecule has 0 radical (unpaired) electrons. The topological polar surface area (TPSA) is 68.0 Å². The number of hydrogen-bond donors (Lipinski definition) is 1. The number of fused-ring (bicyclic) bond motifs is 1. The number of pyridine rings is 1. The fourth-order valence-electron chi connectivity index (χ4n) is 3.68. The first-order valence-electron chi connectivity index (χ1n) is 10.7. The van der Waals surface area contributed by atoms with Gasteiger partial charge in [0.2, 0.25) is 0 Å². The van der Waals surface area contributed by atoms with Gasteiger partial charge in [-0.25, -0.2) is 9.97 Å². The van der Waals surface area contributed by atoms with Gasteiger partial charge in [-0.2, -0.15) is 0 Å². The van der Waals surface area contributed by atoms with Crippen LogP contribution in [-0.2, 0) is 5.41 Å². The van der Waals surface area contributed by atoms with E-state index in [9.17, 15) is 4.79 Å². The van der Waals surface area contributed by atoms with E-state index < -0.39 is 0 Å². The normalized spacial score (nSPS) is 11.6. The molecule has 3 aromatic heterocycles. The maximum Gasteiger partial charge on any atom is 0.258 e. The lowest BCUT2D eigenvalue weighted by atomic mass is 9.86. The minimum atomic E-state index is -0.231. The molecule has 3 heterocycles. The van der Waals surface area contributed by atoms with Crippen molar-refractivity contribution in [2.75, 3.05) is 5.32 Å². The highest BCUT2D eigenvalue weighted by Gasteiger charge is 2.17. The molecule has 0 aliphatic rings. The number of thiazole rings is 1. The van der Waals surface area contributed by atoms with Crippen LogP contribution in [0.2, 0.25) is 0 Å². The molecule has 1 amide bonds. The third-order valence-electron chi connectivity index (χ3n) is 5.51. The minimum absolute atomic E-state index is 0.0988. The molecule has 5 aromatic rings. The van der Waals surface area contributed by atoms with Crippen LogP contribution in [0.15, 0.2) is 82.8 Å². The first-order valence-corrected chi connectivity index (χ1v) is 11.6. The fraction of sp³-hybridized carbons (Fsp3) is 0.148. The standard InChI is InChI=1S/C27H23N3O2S/c1-27(2,3)18-12-10-17(11-13-18)23-16-33-26(29-23)30-25(31)20-15-22(24-9-6-14-32-24)28-21-8-5-4-7-19(20)21/h4-16H,1-3H3,(H,29,30,31). The van der Waals surface area contributed by atoms with Gasteiger partial charge in [0.05, 0.1) is 23.0 Å². The minimum Gasteiger partial charge on any atom is -0.463 e. The summed E-state index contributed by atoms with van der Waals surface area (Å²) in [5, 5.41) is 6.25. The van der Waals surface area contributed by atoms with Crippen LogP contribution in [0.5, 0.6) is 0 Å². The summed E-state index contributed by atoms with van der Waals surface area (Å²) >= 11 is 1.41. The van der Waals surface area contributed by atoms with Crippen LogP contribution in [0.25, 0.3) is 33.6 Å². The number of nitrogens with zero attached hydrogens (tertiary/aromatic N) is 2. The molecule has 0 unspecified atom stereocenters. The molecule has 164 valence electrons. The van der Waals surface area contributed by atoms with E-state index in [0.717, 1.165) is 22.2 Å². The van der Waals surface area contributed by atoms with Crippen molar-refractivity contribution in [2.45, 2.75) is 26.2 Å². The highest BCUT2D eigenvalue weighted by atomic mass is 32.1. The van der Waals surface area contributed by atoms with Crippen molar-refractivity contribution in [1.29, 1.82) is 0 Å². The summed E-state index contributed by atoms with van der Waals surface area (Å²) in [7, 11) is 0. The van der Waals surface area contributed by atoms with Crippen molar-refractivity contribution in [3.05, 3.63) is 89.5 Å². The van der Waals surface area contributed by atoms with Gasteiger partial charge in [-0.3, -0.25) is 10.1 Å². The summed E-state index contributed by atoms with van der Waals surface area (Å²) in [5.74, 6) is 0.385. The first-order chi connectivity index (χ1) is 15.9. The number of nitrogens with one attached hydrogen (secondary N) is 1. The molecule has 0 atom stereocenters. The Bertz CT molecular complexity index is 1430. The zero-order chi connectivity index (χ0) is 23.0. The summed E-state index contributed by atoms with van der Waals surface area (Å²) in [6, 6.07) is 21.4. The third-order valence-corrected chi connectivity index (χ3v) is 6.26. The summed E-state index contributed by atoms with van der Waals surface area (Å²) in [4.78, 5) is 22.5. The molecular weight excluding hydrogens is 430 g/mol. The number of furan rings is 1. The molecule has 1 N–H and O–H groups in total. The smallest absolute Gasteiger partial charge is 0.258 e. The van der Waals surface area contributed by atoms with E-state index >= 15 is 0 Å². The highest BCUT2D eigenvalue weighted by molar-refractivity contribution is 7.14. The molecule has 0 fully saturated rings. The Balaban J connectivity index is 1.43. The predicted molar refractivity (Wildman–Crippen MR) is 134 cm³/mol. The van der Waals surface area contributed by atoms with Gasteiger partial charge in [0.15, 0.2) is 10.9 Å². The Morgan fingerprint density at radius 2 is 1.73 bits per heavy atom. The number of carbonyl (C=O) groups excluding carboxylic acids is 1. The Hall–Kier alpha value is -3.77. The Kier molecular flexibility index (Phi) is 5.30. The maximum absolute atomic E-state index is 13.2. The predicted octanol–water partition coefficient (Wildman–Crippen LogP) is 7.17. The van der Waals surface area contributed by atoms with E-state index in [0.29, 0.717) is 22.1 Å². The summed E-state index contributed by atoms with van der Waals surface area (Å²) in [6.07, 6.45) is 1.59. The number of anilines is 1. The second-order valence-electron chi connectivity index (χ2n) is 8.87. The van der Waals surface area contributed by atoms with Gasteiger partial charge in [-0.05, 0) is 35.2 Å². The van der Waals surface area contributed by atoms with Gasteiger partial charge in [0.25, 0.3) is 5.91 Å². The first kappa shape index (κ1) is 21.1. The molecule has 6 heteroatoms. The van der Waals surface area contributed by atoms with Crippen molar-refractivity contribution < 1.29 is 9.21 Å².